The Kier molecular flexibility index (Phi) is 3.28. The Hall–Kier alpha value is -2.14. The van der Waals surface area contributed by atoms with Crippen molar-refractivity contribution in [3.05, 3.63) is 62.8 Å². The molecule has 20 heavy (non-hydrogen) atoms. The van der Waals surface area contributed by atoms with E-state index in [1.807, 2.05) is 12.1 Å². The van der Waals surface area contributed by atoms with E-state index in [1.54, 1.807) is 0 Å². The molecular weight excluding hydrogens is 278 g/mol. The van der Waals surface area contributed by atoms with E-state index >= 15 is 0 Å². The topological polar surface area (TPSA) is 68.1 Å². The van der Waals surface area contributed by atoms with Crippen LogP contribution in [0.4, 0.5) is 11.5 Å². The van der Waals surface area contributed by atoms with E-state index in [0.717, 1.165) is 12.8 Å². The van der Waals surface area contributed by atoms with E-state index in [2.05, 4.69) is 22.4 Å². The highest BCUT2D eigenvalue weighted by Gasteiger charge is 2.21. The SMILES string of the molecule is O=[N+]([O-])c1cc(Cl)nc(NC2Cc3ccccc3C2)c1. The minimum Gasteiger partial charge on any atom is -0.366 e. The van der Waals surface area contributed by atoms with Gasteiger partial charge in [0.15, 0.2) is 0 Å². The van der Waals surface area contributed by atoms with Gasteiger partial charge in [-0.2, -0.15) is 0 Å². The maximum atomic E-state index is 10.8. The molecule has 2 aromatic rings. The quantitative estimate of drug-likeness (QED) is 0.535. The highest BCUT2D eigenvalue weighted by atomic mass is 35.5. The molecule has 3 rings (SSSR count). The Balaban J connectivity index is 1.78. The first-order valence-electron chi connectivity index (χ1n) is 6.27. The van der Waals surface area contributed by atoms with Crippen molar-refractivity contribution < 1.29 is 4.92 Å². The van der Waals surface area contributed by atoms with E-state index in [0.29, 0.717) is 5.82 Å². The third kappa shape index (κ3) is 2.58. The summed E-state index contributed by atoms with van der Waals surface area (Å²) in [5, 5.41) is 14.2. The Labute approximate surface area is 120 Å². The first kappa shape index (κ1) is 12.9. The van der Waals surface area contributed by atoms with Crippen molar-refractivity contribution >= 4 is 23.1 Å². The summed E-state index contributed by atoms with van der Waals surface area (Å²) in [5.41, 5.74) is 2.56. The molecule has 1 N–H and O–H groups in total. The lowest BCUT2D eigenvalue weighted by atomic mass is 10.1. The Morgan fingerprint density at radius 2 is 1.90 bits per heavy atom. The molecule has 0 spiro atoms. The van der Waals surface area contributed by atoms with Crippen molar-refractivity contribution in [3.8, 4) is 0 Å². The molecule has 5 nitrogen and oxygen atoms in total. The molecule has 0 aliphatic heterocycles. The molecule has 0 saturated carbocycles. The lowest BCUT2D eigenvalue weighted by molar-refractivity contribution is -0.384. The molecule has 0 radical (unpaired) electrons. The van der Waals surface area contributed by atoms with Crippen LogP contribution in [0.2, 0.25) is 5.15 Å². The zero-order valence-corrected chi connectivity index (χ0v) is 11.3. The first-order chi connectivity index (χ1) is 9.61. The highest BCUT2D eigenvalue weighted by molar-refractivity contribution is 6.29. The van der Waals surface area contributed by atoms with E-state index in [1.165, 1.54) is 23.3 Å². The normalized spacial score (nSPS) is 14.1. The number of nitro groups is 1. The summed E-state index contributed by atoms with van der Waals surface area (Å²) in [7, 11) is 0. The number of pyridine rings is 1. The van der Waals surface area contributed by atoms with Crippen LogP contribution in [-0.4, -0.2) is 15.9 Å². The summed E-state index contributed by atoms with van der Waals surface area (Å²) in [6.07, 6.45) is 1.77. The van der Waals surface area contributed by atoms with Crippen LogP contribution in [0.5, 0.6) is 0 Å². The number of fused-ring (bicyclic) bond motifs is 1. The molecule has 1 heterocycles. The van der Waals surface area contributed by atoms with Gasteiger partial charge in [0, 0.05) is 6.04 Å². The van der Waals surface area contributed by atoms with Crippen molar-refractivity contribution in [2.45, 2.75) is 18.9 Å². The molecule has 1 aliphatic carbocycles. The minimum absolute atomic E-state index is 0.0528. The molecule has 1 aromatic heterocycles. The average Bonchev–Trinajstić information content (AvgIpc) is 2.79. The van der Waals surface area contributed by atoms with E-state index in [9.17, 15) is 10.1 Å². The van der Waals surface area contributed by atoms with E-state index < -0.39 is 4.92 Å². The van der Waals surface area contributed by atoms with Crippen LogP contribution in [-0.2, 0) is 12.8 Å². The largest absolute Gasteiger partial charge is 0.366 e. The molecule has 1 aromatic carbocycles. The molecule has 102 valence electrons. The number of hydrogen-bond donors (Lipinski definition) is 1. The number of aromatic nitrogens is 1. The smallest absolute Gasteiger partial charge is 0.276 e. The zero-order chi connectivity index (χ0) is 14.1. The number of nitrogens with one attached hydrogen (secondary N) is 1. The minimum atomic E-state index is -0.470. The van der Waals surface area contributed by atoms with E-state index in [-0.39, 0.29) is 16.9 Å². The predicted molar refractivity (Wildman–Crippen MR) is 77.2 cm³/mol. The molecule has 0 amide bonds. The first-order valence-corrected chi connectivity index (χ1v) is 6.65. The van der Waals surface area contributed by atoms with Gasteiger partial charge in [0.2, 0.25) is 0 Å². The summed E-state index contributed by atoms with van der Waals surface area (Å²) in [6, 6.07) is 11.1. The van der Waals surface area contributed by atoms with Gasteiger partial charge in [-0.25, -0.2) is 4.98 Å². The van der Waals surface area contributed by atoms with Crippen LogP contribution in [0.25, 0.3) is 0 Å². The number of halogens is 1. The molecule has 0 atom stereocenters. The third-order valence-corrected chi connectivity index (χ3v) is 3.59. The van der Waals surface area contributed by atoms with Crippen molar-refractivity contribution in [2.75, 3.05) is 5.32 Å². The molecule has 0 fully saturated rings. The van der Waals surface area contributed by atoms with Gasteiger partial charge in [-0.1, -0.05) is 35.9 Å². The van der Waals surface area contributed by atoms with Crippen LogP contribution in [0.3, 0.4) is 0 Å². The number of nitrogens with zero attached hydrogens (tertiary/aromatic N) is 2. The summed E-state index contributed by atoms with van der Waals surface area (Å²) >= 11 is 5.81. The lowest BCUT2D eigenvalue weighted by Gasteiger charge is -2.12. The van der Waals surface area contributed by atoms with Gasteiger partial charge in [-0.05, 0) is 24.0 Å². The Bertz CT molecular complexity index is 650. The molecule has 0 unspecified atom stereocenters. The van der Waals surface area contributed by atoms with Gasteiger partial charge in [0.05, 0.1) is 17.1 Å². The average molecular weight is 290 g/mol. The van der Waals surface area contributed by atoms with Gasteiger partial charge in [-0.15, -0.1) is 0 Å². The molecule has 1 aliphatic rings. The summed E-state index contributed by atoms with van der Waals surface area (Å²) < 4.78 is 0. The molecule has 0 bridgehead atoms. The highest BCUT2D eigenvalue weighted by Crippen LogP contribution is 2.26. The molecule has 6 heteroatoms. The second-order valence-electron chi connectivity index (χ2n) is 4.81. The zero-order valence-electron chi connectivity index (χ0n) is 10.5. The fourth-order valence-corrected chi connectivity index (χ4v) is 2.74. The monoisotopic (exact) mass is 289 g/mol. The standard InChI is InChI=1S/C14H12ClN3O2/c15-13-7-12(18(19)20)8-14(17-13)16-11-5-9-3-1-2-4-10(9)6-11/h1-4,7-8,11H,5-6H2,(H,16,17). The van der Waals surface area contributed by atoms with Gasteiger partial charge < -0.3 is 5.32 Å². The van der Waals surface area contributed by atoms with Crippen LogP contribution in [0, 0.1) is 10.1 Å². The van der Waals surface area contributed by atoms with Crippen LogP contribution < -0.4 is 5.32 Å². The van der Waals surface area contributed by atoms with Gasteiger partial charge in [-0.3, -0.25) is 10.1 Å². The third-order valence-electron chi connectivity index (χ3n) is 3.39. The van der Waals surface area contributed by atoms with Gasteiger partial charge in [0.25, 0.3) is 5.69 Å². The second kappa shape index (κ2) is 5.09. The van der Waals surface area contributed by atoms with Crippen LogP contribution >= 0.6 is 11.6 Å². The maximum Gasteiger partial charge on any atom is 0.276 e. The number of anilines is 1. The molecule has 0 saturated heterocycles. The fraction of sp³-hybridized carbons (Fsp3) is 0.214. The summed E-state index contributed by atoms with van der Waals surface area (Å²) in [4.78, 5) is 14.4. The van der Waals surface area contributed by atoms with Crippen molar-refractivity contribution in [1.29, 1.82) is 0 Å². The van der Waals surface area contributed by atoms with Gasteiger partial charge >= 0.3 is 0 Å². The van der Waals surface area contributed by atoms with Crippen LogP contribution in [0.1, 0.15) is 11.1 Å². The number of benzene rings is 1. The maximum absolute atomic E-state index is 10.8. The van der Waals surface area contributed by atoms with Crippen molar-refractivity contribution in [2.24, 2.45) is 0 Å². The van der Waals surface area contributed by atoms with Crippen molar-refractivity contribution in [3.63, 3.8) is 0 Å². The van der Waals surface area contributed by atoms with Gasteiger partial charge in [0.1, 0.15) is 11.0 Å². The molecular formula is C14H12ClN3O2. The Morgan fingerprint density at radius 1 is 1.25 bits per heavy atom. The predicted octanol–water partition coefficient (Wildman–Crippen LogP) is 3.22. The summed E-state index contributed by atoms with van der Waals surface area (Å²) in [5.74, 6) is 0.446. The summed E-state index contributed by atoms with van der Waals surface area (Å²) in [6.45, 7) is 0. The second-order valence-corrected chi connectivity index (χ2v) is 5.20. The fourth-order valence-electron chi connectivity index (χ4n) is 2.53. The number of hydrogen-bond acceptors (Lipinski definition) is 4. The van der Waals surface area contributed by atoms with Crippen LogP contribution in [0.15, 0.2) is 36.4 Å². The lowest BCUT2D eigenvalue weighted by Crippen LogP contribution is -2.20. The Morgan fingerprint density at radius 3 is 2.50 bits per heavy atom. The number of rotatable bonds is 3. The van der Waals surface area contributed by atoms with Crippen molar-refractivity contribution in [1.82, 2.24) is 4.98 Å². The van der Waals surface area contributed by atoms with E-state index in [4.69, 9.17) is 11.6 Å².